The van der Waals surface area contributed by atoms with Gasteiger partial charge in [0.05, 0.1) is 11.5 Å². The van der Waals surface area contributed by atoms with Crippen LogP contribution in [0.2, 0.25) is 0 Å². The highest BCUT2D eigenvalue weighted by Gasteiger charge is 2.18. The SMILES string of the molecule is CC(CO)CNc1nc(NCCS(=O)(=O)O)nc(Nc2ccc(C=Cc3ccc(Nc4nc(NCCS(=O)(=O)O)nc(NCC(C)CO)n4)cc3S(=O)(=O)O)c(OS(=O)O)c2)n1. The molecule has 0 radical (unpaired) electrons. The third-order valence-corrected chi connectivity index (χ3v) is 10.5. The molecule has 0 saturated carbocycles. The van der Waals surface area contributed by atoms with Crippen LogP contribution < -0.4 is 36.1 Å². The highest BCUT2D eigenvalue weighted by molar-refractivity contribution is 7.86. The van der Waals surface area contributed by atoms with Crippen LogP contribution in [0.25, 0.3) is 12.2 Å². The summed E-state index contributed by atoms with van der Waals surface area (Å²) < 4.78 is 125. The second-order valence-corrected chi connectivity index (χ2v) is 18.4. The summed E-state index contributed by atoms with van der Waals surface area (Å²) in [6.45, 7) is 3.13. The van der Waals surface area contributed by atoms with Crippen LogP contribution in [0, 0.1) is 11.8 Å². The van der Waals surface area contributed by atoms with E-state index in [9.17, 15) is 48.8 Å². The van der Waals surface area contributed by atoms with Gasteiger partial charge in [0.2, 0.25) is 35.7 Å². The van der Waals surface area contributed by atoms with Gasteiger partial charge in [0.25, 0.3) is 30.4 Å². The molecule has 0 amide bonds. The van der Waals surface area contributed by atoms with Gasteiger partial charge in [-0.3, -0.25) is 18.2 Å². The Bertz CT molecular complexity index is 2570. The van der Waals surface area contributed by atoms with E-state index in [0.29, 0.717) is 0 Å². The molecule has 2 aromatic heterocycles. The van der Waals surface area contributed by atoms with E-state index in [2.05, 4.69) is 61.8 Å². The molecule has 12 N–H and O–H groups in total. The summed E-state index contributed by atoms with van der Waals surface area (Å²) in [4.78, 5) is 24.5. The summed E-state index contributed by atoms with van der Waals surface area (Å²) in [5.41, 5.74) is 0.373. The Morgan fingerprint density at radius 1 is 0.629 bits per heavy atom. The number of nitrogens with one attached hydrogen (secondary N) is 6. The largest absolute Gasteiger partial charge is 0.396 e. The van der Waals surface area contributed by atoms with Crippen molar-refractivity contribution in [1.82, 2.24) is 29.9 Å². The molecular formula is C32H44N12O14S4. The van der Waals surface area contributed by atoms with Crippen molar-refractivity contribution in [2.45, 2.75) is 18.7 Å². The van der Waals surface area contributed by atoms with Gasteiger partial charge in [0.15, 0.2) is 5.75 Å². The molecule has 0 aliphatic rings. The van der Waals surface area contributed by atoms with E-state index in [-0.39, 0.29) is 115 Å². The average Bonchev–Trinajstić information content (AvgIpc) is 3.17. The quantitative estimate of drug-likeness (QED) is 0.0252. The smallest absolute Gasteiger partial charge is 0.357 e. The predicted octanol–water partition coefficient (Wildman–Crippen LogP) is 1.16. The standard InChI is InChI=1S/C32H44N12O14S4/c1-19(17-45)15-35-29-39-27(33-9-11-60(49,50)51)41-31(43-29)37-23-7-5-21(25(13-23)58-59(47)48)3-4-22-6-8-24(14-26(22)62(55,56)57)38-32-42-28(34-10-12-61(52,53)54)40-30(44-32)36-16-20(2)18-46/h3-8,13-14,19-20,45-46H,9-12,15-18H2,1-2H3,(H,47,48)(H,49,50,51)(H,52,53,54)(H,55,56,57)(H3,33,35,37,39,41,43)(H3,34,36,38,40,42,44). The Labute approximate surface area is 358 Å². The first kappa shape index (κ1) is 49.2. The number of anilines is 8. The minimum Gasteiger partial charge on any atom is -0.396 e. The third-order valence-electron chi connectivity index (χ3n) is 7.82. The fraction of sp³-hybridized carbons (Fsp3) is 0.375. The summed E-state index contributed by atoms with van der Waals surface area (Å²) >= 11 is -2.84. The van der Waals surface area contributed by atoms with Gasteiger partial charge in [-0.15, -0.1) is 0 Å². The van der Waals surface area contributed by atoms with Crippen LogP contribution in [-0.2, 0) is 41.7 Å². The minimum absolute atomic E-state index is 0.00995. The minimum atomic E-state index is -4.90. The van der Waals surface area contributed by atoms with E-state index in [1.54, 1.807) is 13.8 Å². The number of rotatable bonds is 25. The van der Waals surface area contributed by atoms with Gasteiger partial charge in [-0.1, -0.05) is 32.1 Å². The average molecular weight is 949 g/mol. The number of aromatic nitrogens is 6. The maximum Gasteiger partial charge on any atom is 0.357 e. The molecule has 0 aliphatic carbocycles. The molecule has 0 bridgehead atoms. The van der Waals surface area contributed by atoms with E-state index in [0.717, 1.165) is 6.07 Å². The molecule has 30 heteroatoms. The van der Waals surface area contributed by atoms with Crippen molar-refractivity contribution in [2.24, 2.45) is 11.8 Å². The van der Waals surface area contributed by atoms with E-state index in [4.69, 9.17) is 13.3 Å². The number of aliphatic hydroxyl groups excluding tert-OH is 2. The topological polar surface area (TPSA) is 400 Å². The highest BCUT2D eigenvalue weighted by Crippen LogP contribution is 2.30. The summed E-state index contributed by atoms with van der Waals surface area (Å²) in [5, 5.41) is 35.5. The summed E-state index contributed by atoms with van der Waals surface area (Å²) in [6.07, 6.45) is 2.60. The van der Waals surface area contributed by atoms with Crippen LogP contribution in [-0.4, -0.2) is 139 Å². The molecule has 0 spiro atoms. The van der Waals surface area contributed by atoms with Gasteiger partial charge >= 0.3 is 11.4 Å². The van der Waals surface area contributed by atoms with Crippen molar-refractivity contribution >= 4 is 101 Å². The third kappa shape index (κ3) is 17.1. The van der Waals surface area contributed by atoms with Crippen LogP contribution in [0.1, 0.15) is 25.0 Å². The lowest BCUT2D eigenvalue weighted by molar-refractivity contribution is 0.244. The molecule has 26 nitrogen and oxygen atoms in total. The van der Waals surface area contributed by atoms with Crippen molar-refractivity contribution in [3.63, 3.8) is 0 Å². The molecule has 0 fully saturated rings. The fourth-order valence-corrected chi connectivity index (χ4v) is 6.46. The number of benzene rings is 2. The first-order valence-corrected chi connectivity index (χ1v) is 23.6. The van der Waals surface area contributed by atoms with Crippen molar-refractivity contribution in [1.29, 1.82) is 0 Å². The maximum absolute atomic E-state index is 12.6. The van der Waals surface area contributed by atoms with Crippen molar-refractivity contribution < 1.29 is 62.1 Å². The van der Waals surface area contributed by atoms with Crippen LogP contribution in [0.4, 0.5) is 47.1 Å². The summed E-state index contributed by atoms with van der Waals surface area (Å²) in [7, 11) is -13.5. The van der Waals surface area contributed by atoms with Gasteiger partial charge in [0.1, 0.15) is 4.90 Å². The molecule has 4 rings (SSSR count). The molecule has 0 aliphatic heterocycles. The predicted molar refractivity (Wildman–Crippen MR) is 229 cm³/mol. The molecule has 3 atom stereocenters. The Kier molecular flexibility index (Phi) is 17.5. The van der Waals surface area contributed by atoms with E-state index < -0.39 is 58.1 Å². The fourth-order valence-electron chi connectivity index (χ4n) is 4.73. The number of nitrogens with zero attached hydrogens (tertiary/aromatic N) is 6. The number of aliphatic hydroxyl groups is 2. The molecule has 2 aromatic carbocycles. The highest BCUT2D eigenvalue weighted by atomic mass is 32.2. The maximum atomic E-state index is 12.6. The molecule has 0 saturated heterocycles. The van der Waals surface area contributed by atoms with Crippen LogP contribution in [0.15, 0.2) is 41.3 Å². The molecule has 62 heavy (non-hydrogen) atoms. The zero-order valence-corrected chi connectivity index (χ0v) is 36.0. The zero-order valence-electron chi connectivity index (χ0n) is 32.7. The monoisotopic (exact) mass is 948 g/mol. The van der Waals surface area contributed by atoms with Crippen molar-refractivity contribution in [2.75, 3.05) is 82.8 Å². The van der Waals surface area contributed by atoms with Crippen LogP contribution in [0.5, 0.6) is 5.75 Å². The van der Waals surface area contributed by atoms with E-state index in [1.165, 1.54) is 42.5 Å². The van der Waals surface area contributed by atoms with Gasteiger partial charge in [-0.05, 0) is 41.7 Å². The Hall–Kier alpha value is -5.44. The van der Waals surface area contributed by atoms with Crippen molar-refractivity contribution in [3.8, 4) is 5.75 Å². The lowest BCUT2D eigenvalue weighted by Gasteiger charge is -2.14. The van der Waals surface area contributed by atoms with Gasteiger partial charge in [0, 0.05) is 62.4 Å². The first-order valence-electron chi connectivity index (χ1n) is 18.0. The molecule has 340 valence electrons. The molecule has 4 aromatic rings. The summed E-state index contributed by atoms with van der Waals surface area (Å²) in [6, 6.07) is 7.97. The Morgan fingerprint density at radius 3 is 1.45 bits per heavy atom. The molecule has 2 heterocycles. The lowest BCUT2D eigenvalue weighted by atomic mass is 10.1. The van der Waals surface area contributed by atoms with E-state index in [1.807, 2.05) is 0 Å². The van der Waals surface area contributed by atoms with Gasteiger partial charge < -0.3 is 46.3 Å². The van der Waals surface area contributed by atoms with Crippen LogP contribution >= 0.6 is 0 Å². The Morgan fingerprint density at radius 2 is 1.03 bits per heavy atom. The van der Waals surface area contributed by atoms with Crippen molar-refractivity contribution in [3.05, 3.63) is 47.5 Å². The summed E-state index contributed by atoms with van der Waals surface area (Å²) in [5.74, 6) is -2.37. The molecular weight excluding hydrogens is 905 g/mol. The normalized spacial score (nSPS) is 13.5. The second-order valence-electron chi connectivity index (χ2n) is 13.2. The lowest BCUT2D eigenvalue weighted by Crippen LogP contribution is -2.19. The van der Waals surface area contributed by atoms with Gasteiger partial charge in [-0.2, -0.15) is 59.4 Å². The second kappa shape index (κ2) is 22.1. The number of hydrogen-bond acceptors (Lipinski definition) is 22. The van der Waals surface area contributed by atoms with E-state index >= 15 is 0 Å². The molecule has 3 unspecified atom stereocenters. The first-order chi connectivity index (χ1) is 29.1. The zero-order chi connectivity index (χ0) is 45.7. The number of hydrogen-bond donors (Lipinski definition) is 12. The van der Waals surface area contributed by atoms with Gasteiger partial charge in [-0.25, -0.2) is 0 Å². The van der Waals surface area contributed by atoms with Crippen LogP contribution in [0.3, 0.4) is 0 Å². The Balaban J connectivity index is 1.63.